The SMILES string of the molecule is Cc1sc(-c2ccncc2)c(-c2ccc3c(c2)CCCO3)c1C(OC(C)(C)C)C(=O)O. The summed E-state index contributed by atoms with van der Waals surface area (Å²) in [5.74, 6) is -0.0747. The Morgan fingerprint density at radius 3 is 2.61 bits per heavy atom. The number of hydrogen-bond donors (Lipinski definition) is 1. The summed E-state index contributed by atoms with van der Waals surface area (Å²) in [5, 5.41) is 10.1. The van der Waals surface area contributed by atoms with Crippen LogP contribution in [-0.2, 0) is 16.0 Å². The number of pyridine rings is 1. The topological polar surface area (TPSA) is 68.7 Å². The molecule has 0 radical (unpaired) electrons. The molecule has 3 aromatic rings. The average Bonchev–Trinajstić information content (AvgIpc) is 3.08. The van der Waals surface area contributed by atoms with Crippen molar-refractivity contribution in [3.05, 3.63) is 58.7 Å². The van der Waals surface area contributed by atoms with Gasteiger partial charge in [0.15, 0.2) is 6.10 Å². The van der Waals surface area contributed by atoms with E-state index in [9.17, 15) is 9.90 Å². The number of carboxylic acid groups (broad SMARTS) is 1. The molecule has 0 saturated heterocycles. The van der Waals surface area contributed by atoms with E-state index < -0.39 is 17.7 Å². The summed E-state index contributed by atoms with van der Waals surface area (Å²) in [6.07, 6.45) is 4.39. The number of fused-ring (bicyclic) bond motifs is 1. The lowest BCUT2D eigenvalue weighted by atomic mass is 9.92. The van der Waals surface area contributed by atoms with Crippen LogP contribution in [0.5, 0.6) is 5.75 Å². The quantitative estimate of drug-likeness (QED) is 0.526. The van der Waals surface area contributed by atoms with Gasteiger partial charge in [-0.1, -0.05) is 6.07 Å². The van der Waals surface area contributed by atoms with Crippen molar-refractivity contribution in [2.75, 3.05) is 6.61 Å². The first-order valence-corrected chi connectivity index (χ1v) is 11.3. The second kappa shape index (κ2) is 8.44. The van der Waals surface area contributed by atoms with E-state index in [1.807, 2.05) is 52.0 Å². The number of thiophene rings is 1. The summed E-state index contributed by atoms with van der Waals surface area (Å²) in [6.45, 7) is 8.34. The zero-order chi connectivity index (χ0) is 22.2. The Kier molecular flexibility index (Phi) is 5.86. The number of aliphatic carboxylic acids is 1. The highest BCUT2D eigenvalue weighted by atomic mass is 32.1. The second-order valence-corrected chi connectivity index (χ2v) is 9.96. The van der Waals surface area contributed by atoms with Gasteiger partial charge in [-0.2, -0.15) is 0 Å². The monoisotopic (exact) mass is 437 g/mol. The van der Waals surface area contributed by atoms with E-state index in [2.05, 4.69) is 11.1 Å². The highest BCUT2D eigenvalue weighted by Crippen LogP contribution is 2.47. The normalized spacial score (nSPS) is 14.6. The Balaban J connectivity index is 1.95. The van der Waals surface area contributed by atoms with Crippen LogP contribution in [0.4, 0.5) is 0 Å². The van der Waals surface area contributed by atoms with Gasteiger partial charge in [0.25, 0.3) is 0 Å². The number of carbonyl (C=O) groups is 1. The van der Waals surface area contributed by atoms with Gasteiger partial charge in [-0.3, -0.25) is 4.98 Å². The maximum Gasteiger partial charge on any atom is 0.337 e. The Hall–Kier alpha value is -2.70. The Morgan fingerprint density at radius 1 is 1.19 bits per heavy atom. The van der Waals surface area contributed by atoms with E-state index in [4.69, 9.17) is 9.47 Å². The molecular formula is C25H27NO4S. The molecule has 1 N–H and O–H groups in total. The molecule has 4 rings (SSSR count). The summed E-state index contributed by atoms with van der Waals surface area (Å²) >= 11 is 1.60. The predicted molar refractivity (Wildman–Crippen MR) is 123 cm³/mol. The Labute approximate surface area is 186 Å². The molecular weight excluding hydrogens is 410 g/mol. The Morgan fingerprint density at radius 2 is 1.94 bits per heavy atom. The molecule has 1 aliphatic rings. The van der Waals surface area contributed by atoms with E-state index >= 15 is 0 Å². The molecule has 0 bridgehead atoms. The highest BCUT2D eigenvalue weighted by Gasteiger charge is 2.33. The first kappa shape index (κ1) is 21.5. The number of hydrogen-bond acceptors (Lipinski definition) is 5. The van der Waals surface area contributed by atoms with Crippen molar-refractivity contribution in [2.24, 2.45) is 0 Å². The van der Waals surface area contributed by atoms with Crippen LogP contribution in [0.2, 0.25) is 0 Å². The van der Waals surface area contributed by atoms with Gasteiger partial charge in [0.2, 0.25) is 0 Å². The van der Waals surface area contributed by atoms with E-state index in [-0.39, 0.29) is 0 Å². The second-order valence-electron chi connectivity index (χ2n) is 8.73. The molecule has 1 atom stereocenters. The van der Waals surface area contributed by atoms with Crippen LogP contribution in [0.3, 0.4) is 0 Å². The van der Waals surface area contributed by atoms with E-state index in [0.29, 0.717) is 0 Å². The fraction of sp³-hybridized carbons (Fsp3) is 0.360. The van der Waals surface area contributed by atoms with Crippen molar-refractivity contribution in [2.45, 2.75) is 52.2 Å². The van der Waals surface area contributed by atoms with Crippen molar-refractivity contribution in [3.63, 3.8) is 0 Å². The minimum Gasteiger partial charge on any atom is -0.493 e. The van der Waals surface area contributed by atoms with Gasteiger partial charge in [-0.25, -0.2) is 4.79 Å². The van der Waals surface area contributed by atoms with Crippen LogP contribution in [0.25, 0.3) is 21.6 Å². The molecule has 0 amide bonds. The molecule has 0 fully saturated rings. The fourth-order valence-corrected chi connectivity index (χ4v) is 5.18. The summed E-state index contributed by atoms with van der Waals surface area (Å²) in [4.78, 5) is 18.4. The molecule has 0 spiro atoms. The number of carboxylic acids is 1. The highest BCUT2D eigenvalue weighted by molar-refractivity contribution is 7.16. The van der Waals surface area contributed by atoms with Crippen molar-refractivity contribution >= 4 is 17.3 Å². The molecule has 0 saturated carbocycles. The van der Waals surface area contributed by atoms with E-state index in [1.54, 1.807) is 23.7 Å². The molecule has 1 aromatic carbocycles. The van der Waals surface area contributed by atoms with Gasteiger partial charge in [-0.05, 0) is 81.5 Å². The number of benzene rings is 1. The lowest BCUT2D eigenvalue weighted by molar-refractivity contribution is -0.160. The summed E-state index contributed by atoms with van der Waals surface area (Å²) in [7, 11) is 0. The van der Waals surface area contributed by atoms with Crippen LogP contribution in [0.15, 0.2) is 42.7 Å². The third kappa shape index (κ3) is 4.50. The molecule has 31 heavy (non-hydrogen) atoms. The van der Waals surface area contributed by atoms with Gasteiger partial charge in [0.1, 0.15) is 5.75 Å². The van der Waals surface area contributed by atoms with Crippen molar-refractivity contribution in [1.82, 2.24) is 4.98 Å². The third-order valence-electron chi connectivity index (χ3n) is 5.23. The van der Waals surface area contributed by atoms with Crippen molar-refractivity contribution in [1.29, 1.82) is 0 Å². The minimum absolute atomic E-state index is 0.602. The van der Waals surface area contributed by atoms with Gasteiger partial charge in [0, 0.05) is 33.3 Å². The molecule has 162 valence electrons. The standard InChI is InChI=1S/C25H27NO4S/c1-15-20(22(24(27)28)30-25(2,3)4)21(23(31-15)16-9-11-26-12-10-16)18-7-8-19-17(14-18)6-5-13-29-19/h7-12,14,22H,5-6,13H2,1-4H3,(H,27,28). The number of ether oxygens (including phenoxy) is 2. The van der Waals surface area contributed by atoms with Gasteiger partial charge in [-0.15, -0.1) is 11.3 Å². The molecule has 1 aliphatic heterocycles. The van der Waals surface area contributed by atoms with Gasteiger partial charge < -0.3 is 14.6 Å². The third-order valence-corrected chi connectivity index (χ3v) is 6.40. The Bertz CT molecular complexity index is 1100. The molecule has 3 heterocycles. The number of aromatic nitrogens is 1. The smallest absolute Gasteiger partial charge is 0.337 e. The van der Waals surface area contributed by atoms with Gasteiger partial charge >= 0.3 is 5.97 Å². The number of rotatable bonds is 5. The predicted octanol–water partition coefficient (Wildman–Crippen LogP) is 6.05. The average molecular weight is 438 g/mol. The minimum atomic E-state index is -1.06. The van der Waals surface area contributed by atoms with Crippen molar-refractivity contribution < 1.29 is 19.4 Å². The van der Waals surface area contributed by atoms with E-state index in [1.165, 1.54) is 0 Å². The summed E-state index contributed by atoms with van der Waals surface area (Å²) in [6, 6.07) is 10.1. The maximum atomic E-state index is 12.3. The van der Waals surface area contributed by atoms with Crippen LogP contribution >= 0.6 is 11.3 Å². The molecule has 1 unspecified atom stereocenters. The first-order chi connectivity index (χ1) is 14.7. The van der Waals surface area contributed by atoms with Gasteiger partial charge in [0.05, 0.1) is 12.2 Å². The van der Waals surface area contributed by atoms with Crippen LogP contribution < -0.4 is 4.74 Å². The number of aryl methyl sites for hydroxylation is 2. The van der Waals surface area contributed by atoms with E-state index in [0.717, 1.165) is 62.8 Å². The van der Waals surface area contributed by atoms with Crippen LogP contribution in [-0.4, -0.2) is 28.3 Å². The zero-order valence-corrected chi connectivity index (χ0v) is 19.1. The lowest BCUT2D eigenvalue weighted by Crippen LogP contribution is -2.27. The molecule has 5 nitrogen and oxygen atoms in total. The zero-order valence-electron chi connectivity index (χ0n) is 18.3. The molecule has 2 aromatic heterocycles. The maximum absolute atomic E-state index is 12.3. The fourth-order valence-electron chi connectivity index (χ4n) is 3.97. The van der Waals surface area contributed by atoms with Crippen molar-refractivity contribution in [3.8, 4) is 27.3 Å². The summed E-state index contributed by atoms with van der Waals surface area (Å²) in [5.41, 5.74) is 4.18. The summed E-state index contributed by atoms with van der Waals surface area (Å²) < 4.78 is 11.9. The molecule has 6 heteroatoms. The lowest BCUT2D eigenvalue weighted by Gasteiger charge is -2.26. The number of nitrogens with zero attached hydrogens (tertiary/aromatic N) is 1. The van der Waals surface area contributed by atoms with Crippen LogP contribution in [0, 0.1) is 6.92 Å². The largest absolute Gasteiger partial charge is 0.493 e. The van der Waals surface area contributed by atoms with Crippen LogP contribution in [0.1, 0.15) is 49.3 Å². The molecule has 0 aliphatic carbocycles. The first-order valence-electron chi connectivity index (χ1n) is 10.4.